The Hall–Kier alpha value is -2.16. The van der Waals surface area contributed by atoms with E-state index in [0.717, 1.165) is 31.9 Å². The van der Waals surface area contributed by atoms with Gasteiger partial charge in [-0.2, -0.15) is 0 Å². The molecule has 1 aliphatic heterocycles. The van der Waals surface area contributed by atoms with Crippen molar-refractivity contribution in [3.63, 3.8) is 0 Å². The molecule has 0 bridgehead atoms. The third-order valence-corrected chi connectivity index (χ3v) is 4.50. The fraction of sp³-hybridized carbons (Fsp3) is 0.444. The molecule has 0 amide bonds. The zero-order valence-corrected chi connectivity index (χ0v) is 16.1. The molecule has 0 aliphatic carbocycles. The van der Waals surface area contributed by atoms with Crippen molar-refractivity contribution in [1.82, 2.24) is 15.3 Å². The Bertz CT molecular complexity index is 797. The van der Waals surface area contributed by atoms with Gasteiger partial charge in [0.05, 0.1) is 23.4 Å². The number of hydrogen-bond acceptors (Lipinski definition) is 7. The predicted molar refractivity (Wildman–Crippen MR) is 107 cm³/mol. The lowest BCUT2D eigenvalue weighted by Gasteiger charge is -2.31. The van der Waals surface area contributed by atoms with Crippen LogP contribution in [0.2, 0.25) is 5.02 Å². The lowest BCUT2D eigenvalue weighted by Crippen LogP contribution is -2.43. The molecule has 0 radical (unpaired) electrons. The summed E-state index contributed by atoms with van der Waals surface area (Å²) in [6, 6.07) is 5.08. The average molecular weight is 395 g/mol. The van der Waals surface area contributed by atoms with Crippen LogP contribution in [-0.2, 0) is 0 Å². The molecular weight excluding hydrogens is 371 g/mol. The third-order valence-electron chi connectivity index (χ3n) is 4.22. The largest absolute Gasteiger partial charge is 0.394 e. The van der Waals surface area contributed by atoms with Crippen LogP contribution in [0.25, 0.3) is 0 Å². The van der Waals surface area contributed by atoms with Gasteiger partial charge in [-0.05, 0) is 13.8 Å². The lowest BCUT2D eigenvalue weighted by atomic mass is 10.1. The summed E-state index contributed by atoms with van der Waals surface area (Å²) in [5.41, 5.74) is 0.455. The summed E-state index contributed by atoms with van der Waals surface area (Å²) >= 11 is 5.70. The van der Waals surface area contributed by atoms with Crippen LogP contribution >= 0.6 is 11.6 Å². The van der Waals surface area contributed by atoms with Crippen LogP contribution in [0.15, 0.2) is 24.4 Å². The van der Waals surface area contributed by atoms with Crippen LogP contribution in [-0.4, -0.2) is 53.4 Å². The summed E-state index contributed by atoms with van der Waals surface area (Å²) in [6.45, 7) is 7.28. The highest BCUT2D eigenvalue weighted by molar-refractivity contribution is 6.30. The van der Waals surface area contributed by atoms with Crippen molar-refractivity contribution in [1.29, 1.82) is 0 Å². The van der Waals surface area contributed by atoms with Gasteiger partial charge < -0.3 is 26.0 Å². The van der Waals surface area contributed by atoms with Crippen molar-refractivity contribution in [2.24, 2.45) is 0 Å². The molecule has 0 atom stereocenters. The summed E-state index contributed by atoms with van der Waals surface area (Å²) in [7, 11) is 0. The monoisotopic (exact) mass is 394 g/mol. The lowest BCUT2D eigenvalue weighted by molar-refractivity contribution is 0.234. The second kappa shape index (κ2) is 8.24. The van der Waals surface area contributed by atoms with E-state index < -0.39 is 11.4 Å². The molecule has 3 rings (SSSR count). The molecule has 2 aromatic heterocycles. The van der Waals surface area contributed by atoms with Gasteiger partial charge in [-0.15, -0.1) is 0 Å². The van der Waals surface area contributed by atoms with Gasteiger partial charge in [0, 0.05) is 50.1 Å². The summed E-state index contributed by atoms with van der Waals surface area (Å²) in [5.74, 6) is 0.903. The van der Waals surface area contributed by atoms with Crippen molar-refractivity contribution in [2.75, 3.05) is 48.3 Å². The number of pyridine rings is 2. The number of rotatable bonds is 6. The Morgan fingerprint density at radius 2 is 1.93 bits per heavy atom. The SMILES string of the molecule is CC(C)(CO)Nc1cc(N2CCNCC2)cc(Nc2cc(F)c(Cl)cn2)n1. The zero-order valence-electron chi connectivity index (χ0n) is 15.4. The van der Waals surface area contributed by atoms with Crippen LogP contribution in [0.3, 0.4) is 0 Å². The summed E-state index contributed by atoms with van der Waals surface area (Å²) < 4.78 is 13.7. The van der Waals surface area contributed by atoms with Gasteiger partial charge in [0.25, 0.3) is 0 Å². The summed E-state index contributed by atoms with van der Waals surface area (Å²) in [6.07, 6.45) is 1.26. The smallest absolute Gasteiger partial charge is 0.147 e. The standard InChI is InChI=1S/C18H24ClFN6O/c1-18(2,11-27)25-17-8-12(26-5-3-21-4-6-26)7-16(24-17)23-15-9-14(20)13(19)10-22-15/h7-10,21,27H,3-6,11H2,1-2H3,(H2,22,23,24,25). The van der Waals surface area contributed by atoms with Gasteiger partial charge in [-0.25, -0.2) is 14.4 Å². The predicted octanol–water partition coefficient (Wildman–Crippen LogP) is 2.61. The van der Waals surface area contributed by atoms with Crippen molar-refractivity contribution in [3.8, 4) is 0 Å². The zero-order chi connectivity index (χ0) is 19.4. The second-order valence-electron chi connectivity index (χ2n) is 7.11. The van der Waals surface area contributed by atoms with E-state index in [9.17, 15) is 9.50 Å². The molecule has 3 heterocycles. The number of aliphatic hydroxyl groups is 1. The van der Waals surface area contributed by atoms with Gasteiger partial charge in [0.2, 0.25) is 0 Å². The Kier molecular flexibility index (Phi) is 5.98. The first-order valence-electron chi connectivity index (χ1n) is 8.81. The maximum Gasteiger partial charge on any atom is 0.147 e. The number of aliphatic hydroxyl groups excluding tert-OH is 1. The van der Waals surface area contributed by atoms with E-state index in [1.807, 2.05) is 26.0 Å². The molecule has 146 valence electrons. The first kappa shape index (κ1) is 19.6. The second-order valence-corrected chi connectivity index (χ2v) is 7.52. The Morgan fingerprint density at radius 1 is 1.22 bits per heavy atom. The Labute approximate surface area is 163 Å². The molecule has 27 heavy (non-hydrogen) atoms. The molecular formula is C18H24ClFN6O. The number of nitrogens with zero attached hydrogens (tertiary/aromatic N) is 3. The summed E-state index contributed by atoms with van der Waals surface area (Å²) in [4.78, 5) is 10.9. The van der Waals surface area contributed by atoms with Gasteiger partial charge in [-0.3, -0.25) is 0 Å². The minimum Gasteiger partial charge on any atom is -0.394 e. The van der Waals surface area contributed by atoms with Gasteiger partial charge in [0.15, 0.2) is 0 Å². The van der Waals surface area contributed by atoms with E-state index in [2.05, 4.69) is 30.8 Å². The maximum atomic E-state index is 13.7. The number of nitrogens with one attached hydrogen (secondary N) is 3. The van der Waals surface area contributed by atoms with Crippen molar-refractivity contribution < 1.29 is 9.50 Å². The summed E-state index contributed by atoms with van der Waals surface area (Å²) in [5, 5.41) is 19.1. The molecule has 7 nitrogen and oxygen atoms in total. The van der Waals surface area contributed by atoms with E-state index in [1.54, 1.807) is 0 Å². The molecule has 0 spiro atoms. The van der Waals surface area contributed by atoms with Crippen molar-refractivity contribution in [3.05, 3.63) is 35.2 Å². The van der Waals surface area contributed by atoms with Gasteiger partial charge in [0.1, 0.15) is 23.3 Å². The molecule has 0 saturated carbocycles. The Balaban J connectivity index is 1.91. The fourth-order valence-electron chi connectivity index (χ4n) is 2.75. The quantitative estimate of drug-likeness (QED) is 0.599. The molecule has 0 unspecified atom stereocenters. The first-order valence-corrected chi connectivity index (χ1v) is 9.19. The molecule has 1 saturated heterocycles. The number of halogens is 2. The minimum atomic E-state index is -0.549. The highest BCUT2D eigenvalue weighted by Crippen LogP contribution is 2.27. The number of hydrogen-bond donors (Lipinski definition) is 4. The molecule has 1 aliphatic rings. The van der Waals surface area contributed by atoms with Crippen LogP contribution in [0, 0.1) is 5.82 Å². The molecule has 0 aromatic carbocycles. The third kappa shape index (κ3) is 5.18. The van der Waals surface area contributed by atoms with Crippen LogP contribution in [0.5, 0.6) is 0 Å². The number of anilines is 4. The highest BCUT2D eigenvalue weighted by atomic mass is 35.5. The van der Waals surface area contributed by atoms with Gasteiger partial charge in [-0.1, -0.05) is 11.6 Å². The van der Waals surface area contributed by atoms with E-state index in [-0.39, 0.29) is 11.6 Å². The van der Waals surface area contributed by atoms with Crippen molar-refractivity contribution >= 4 is 34.7 Å². The average Bonchev–Trinajstić information content (AvgIpc) is 2.65. The topological polar surface area (TPSA) is 85.3 Å². The molecule has 2 aromatic rings. The number of aromatic nitrogens is 2. The molecule has 1 fully saturated rings. The minimum absolute atomic E-state index is 0.0323. The van der Waals surface area contributed by atoms with Gasteiger partial charge >= 0.3 is 0 Å². The van der Waals surface area contributed by atoms with E-state index >= 15 is 0 Å². The maximum absolute atomic E-state index is 13.7. The van der Waals surface area contributed by atoms with E-state index in [4.69, 9.17) is 11.6 Å². The fourth-order valence-corrected chi connectivity index (χ4v) is 2.85. The normalized spacial score (nSPS) is 14.9. The molecule has 9 heteroatoms. The van der Waals surface area contributed by atoms with E-state index in [0.29, 0.717) is 17.5 Å². The molecule has 4 N–H and O–H groups in total. The first-order chi connectivity index (χ1) is 12.9. The van der Waals surface area contributed by atoms with Crippen LogP contribution < -0.4 is 20.9 Å². The Morgan fingerprint density at radius 3 is 2.59 bits per heavy atom. The van der Waals surface area contributed by atoms with E-state index in [1.165, 1.54) is 12.3 Å². The highest BCUT2D eigenvalue weighted by Gasteiger charge is 2.19. The van der Waals surface area contributed by atoms with Crippen molar-refractivity contribution in [2.45, 2.75) is 19.4 Å². The van der Waals surface area contributed by atoms with Crippen LogP contribution in [0.4, 0.5) is 27.5 Å². The van der Waals surface area contributed by atoms with Crippen LogP contribution in [0.1, 0.15) is 13.8 Å². The number of piperazine rings is 1.